The van der Waals surface area contributed by atoms with Crippen LogP contribution in [0.25, 0.3) is 5.82 Å². The minimum Gasteiger partial charge on any atom is -0.334 e. The summed E-state index contributed by atoms with van der Waals surface area (Å²) in [5.74, 6) is 0.787. The Morgan fingerprint density at radius 2 is 2.00 bits per heavy atom. The van der Waals surface area contributed by atoms with Crippen LogP contribution < -0.4 is 10.6 Å². The summed E-state index contributed by atoms with van der Waals surface area (Å²) in [7, 11) is 0. The quantitative estimate of drug-likeness (QED) is 0.776. The van der Waals surface area contributed by atoms with Gasteiger partial charge in [-0.1, -0.05) is 24.3 Å². The second-order valence-corrected chi connectivity index (χ2v) is 4.67. The van der Waals surface area contributed by atoms with Crippen LogP contribution in [0.1, 0.15) is 5.56 Å². The van der Waals surface area contributed by atoms with Gasteiger partial charge in [0, 0.05) is 30.8 Å². The molecule has 0 aliphatic heterocycles. The van der Waals surface area contributed by atoms with Crippen LogP contribution >= 0.6 is 0 Å². The van der Waals surface area contributed by atoms with Gasteiger partial charge in [0.1, 0.15) is 12.1 Å². The Bertz CT molecular complexity index is 723. The number of nitrogens with one attached hydrogen (secondary N) is 2. The highest BCUT2D eigenvalue weighted by molar-refractivity contribution is 5.89. The van der Waals surface area contributed by atoms with Crippen molar-refractivity contribution in [3.05, 3.63) is 72.9 Å². The third-order valence-electron chi connectivity index (χ3n) is 3.06. The van der Waals surface area contributed by atoms with Gasteiger partial charge in [0.15, 0.2) is 0 Å². The summed E-state index contributed by atoms with van der Waals surface area (Å²) in [5, 5.41) is 5.56. The van der Waals surface area contributed by atoms with E-state index in [0.717, 1.165) is 17.1 Å². The number of amides is 2. The lowest BCUT2D eigenvalue weighted by molar-refractivity contribution is 0.251. The number of hydrogen-bond acceptors (Lipinski definition) is 3. The molecule has 6 nitrogen and oxygen atoms in total. The number of carbonyl (C=O) groups is 1. The summed E-state index contributed by atoms with van der Waals surface area (Å²) in [6, 6.07) is 12.9. The summed E-state index contributed by atoms with van der Waals surface area (Å²) in [4.78, 5) is 20.1. The Balaban J connectivity index is 1.54. The first kappa shape index (κ1) is 13.8. The van der Waals surface area contributed by atoms with Gasteiger partial charge < -0.3 is 10.6 Å². The molecule has 2 amide bonds. The van der Waals surface area contributed by atoms with Crippen LogP contribution in [-0.2, 0) is 6.54 Å². The highest BCUT2D eigenvalue weighted by Gasteiger charge is 2.02. The fraction of sp³-hybridized carbons (Fsp3) is 0.0625. The Morgan fingerprint density at radius 3 is 2.68 bits per heavy atom. The van der Waals surface area contributed by atoms with E-state index in [1.54, 1.807) is 18.7 Å². The molecule has 0 saturated heterocycles. The molecule has 0 aliphatic carbocycles. The number of para-hydroxylation sites is 1. The molecule has 0 bridgehead atoms. The summed E-state index contributed by atoms with van der Waals surface area (Å²) in [6.45, 7) is 0.413. The number of carbonyl (C=O) groups excluding carboxylic acids is 1. The van der Waals surface area contributed by atoms with Gasteiger partial charge in [-0.25, -0.2) is 14.8 Å². The highest BCUT2D eigenvalue weighted by atomic mass is 16.2. The van der Waals surface area contributed by atoms with Crippen LogP contribution in [0, 0.1) is 0 Å². The molecule has 110 valence electrons. The zero-order valence-corrected chi connectivity index (χ0v) is 11.8. The molecule has 6 heteroatoms. The van der Waals surface area contributed by atoms with E-state index in [9.17, 15) is 4.79 Å². The molecule has 0 atom stereocenters. The molecule has 0 fully saturated rings. The fourth-order valence-electron chi connectivity index (χ4n) is 1.95. The van der Waals surface area contributed by atoms with Crippen molar-refractivity contribution in [1.29, 1.82) is 0 Å². The standard InChI is InChI=1S/C16H15N5O/c22-16(20-14-4-2-1-3-5-14)19-11-13-6-7-15(18-10-13)21-9-8-17-12-21/h1-10,12H,11H2,(H2,19,20,22). The minimum absolute atomic E-state index is 0.245. The van der Waals surface area contributed by atoms with Gasteiger partial charge in [-0.05, 0) is 23.8 Å². The second kappa shape index (κ2) is 6.53. The summed E-state index contributed by atoms with van der Waals surface area (Å²) in [5.41, 5.74) is 1.68. The predicted molar refractivity (Wildman–Crippen MR) is 83.7 cm³/mol. The van der Waals surface area contributed by atoms with E-state index in [-0.39, 0.29) is 6.03 Å². The van der Waals surface area contributed by atoms with E-state index in [0.29, 0.717) is 6.54 Å². The second-order valence-electron chi connectivity index (χ2n) is 4.67. The highest BCUT2D eigenvalue weighted by Crippen LogP contribution is 2.06. The van der Waals surface area contributed by atoms with Gasteiger partial charge >= 0.3 is 6.03 Å². The molecule has 2 N–H and O–H groups in total. The third-order valence-corrected chi connectivity index (χ3v) is 3.06. The number of benzene rings is 1. The van der Waals surface area contributed by atoms with E-state index in [1.165, 1.54) is 0 Å². The van der Waals surface area contributed by atoms with Crippen molar-refractivity contribution in [3.63, 3.8) is 0 Å². The summed E-state index contributed by atoms with van der Waals surface area (Å²) < 4.78 is 1.82. The Hall–Kier alpha value is -3.15. The van der Waals surface area contributed by atoms with Crippen molar-refractivity contribution in [2.75, 3.05) is 5.32 Å². The van der Waals surface area contributed by atoms with Crippen molar-refractivity contribution in [2.45, 2.75) is 6.54 Å². The average Bonchev–Trinajstić information content (AvgIpc) is 3.09. The molecular formula is C16H15N5O. The molecule has 2 heterocycles. The van der Waals surface area contributed by atoms with Crippen LogP contribution in [0.4, 0.5) is 10.5 Å². The van der Waals surface area contributed by atoms with Gasteiger partial charge in [-0.2, -0.15) is 0 Å². The Morgan fingerprint density at radius 1 is 1.14 bits per heavy atom. The number of rotatable bonds is 4. The first-order chi connectivity index (χ1) is 10.8. The van der Waals surface area contributed by atoms with Gasteiger partial charge in [-0.3, -0.25) is 4.57 Å². The molecule has 22 heavy (non-hydrogen) atoms. The number of imidazole rings is 1. The zero-order valence-electron chi connectivity index (χ0n) is 11.8. The van der Waals surface area contributed by atoms with E-state index in [4.69, 9.17) is 0 Å². The number of nitrogens with zero attached hydrogens (tertiary/aromatic N) is 3. The molecule has 0 radical (unpaired) electrons. The Labute approximate surface area is 127 Å². The molecule has 1 aromatic carbocycles. The maximum atomic E-state index is 11.8. The lowest BCUT2D eigenvalue weighted by Crippen LogP contribution is -2.28. The third kappa shape index (κ3) is 3.49. The maximum absolute atomic E-state index is 11.8. The molecular weight excluding hydrogens is 278 g/mol. The van der Waals surface area contributed by atoms with Gasteiger partial charge in [0.25, 0.3) is 0 Å². The number of anilines is 1. The van der Waals surface area contributed by atoms with Crippen molar-refractivity contribution in [2.24, 2.45) is 0 Å². The minimum atomic E-state index is -0.245. The molecule has 3 rings (SSSR count). The van der Waals surface area contributed by atoms with Crippen LogP contribution in [0.15, 0.2) is 67.4 Å². The van der Waals surface area contributed by atoms with Gasteiger partial charge in [-0.15, -0.1) is 0 Å². The van der Waals surface area contributed by atoms with E-state index in [2.05, 4.69) is 20.6 Å². The molecule has 0 unspecified atom stereocenters. The van der Waals surface area contributed by atoms with Crippen LogP contribution in [0.3, 0.4) is 0 Å². The van der Waals surface area contributed by atoms with Crippen LogP contribution in [0.5, 0.6) is 0 Å². The van der Waals surface area contributed by atoms with Crippen molar-refractivity contribution >= 4 is 11.7 Å². The number of urea groups is 1. The topological polar surface area (TPSA) is 71.8 Å². The first-order valence-electron chi connectivity index (χ1n) is 6.84. The molecule has 2 aromatic heterocycles. The van der Waals surface area contributed by atoms with Crippen molar-refractivity contribution in [1.82, 2.24) is 19.9 Å². The number of hydrogen-bond donors (Lipinski definition) is 2. The van der Waals surface area contributed by atoms with Gasteiger partial charge in [0.2, 0.25) is 0 Å². The predicted octanol–water partition coefficient (Wildman–Crippen LogP) is 2.59. The number of aromatic nitrogens is 3. The molecule has 3 aromatic rings. The molecule has 0 aliphatic rings. The lowest BCUT2D eigenvalue weighted by Gasteiger charge is -2.08. The fourth-order valence-corrected chi connectivity index (χ4v) is 1.95. The van der Waals surface area contributed by atoms with Crippen LogP contribution in [-0.4, -0.2) is 20.6 Å². The average molecular weight is 293 g/mol. The number of pyridine rings is 1. The normalized spacial score (nSPS) is 10.2. The smallest absolute Gasteiger partial charge is 0.319 e. The zero-order chi connectivity index (χ0) is 15.2. The first-order valence-corrected chi connectivity index (χ1v) is 6.84. The monoisotopic (exact) mass is 293 g/mol. The van der Waals surface area contributed by atoms with Crippen molar-refractivity contribution in [3.8, 4) is 5.82 Å². The van der Waals surface area contributed by atoms with E-state index in [1.807, 2.05) is 53.2 Å². The lowest BCUT2D eigenvalue weighted by atomic mass is 10.3. The van der Waals surface area contributed by atoms with Gasteiger partial charge in [0.05, 0.1) is 0 Å². The Kier molecular flexibility index (Phi) is 4.10. The van der Waals surface area contributed by atoms with E-state index < -0.39 is 0 Å². The largest absolute Gasteiger partial charge is 0.334 e. The van der Waals surface area contributed by atoms with Crippen molar-refractivity contribution < 1.29 is 4.79 Å². The van der Waals surface area contributed by atoms with Crippen LogP contribution in [0.2, 0.25) is 0 Å². The molecule has 0 spiro atoms. The maximum Gasteiger partial charge on any atom is 0.319 e. The SMILES string of the molecule is O=C(NCc1ccc(-n2ccnc2)nc1)Nc1ccccc1. The van der Waals surface area contributed by atoms with E-state index >= 15 is 0 Å². The summed E-state index contributed by atoms with van der Waals surface area (Å²) >= 11 is 0. The molecule has 0 saturated carbocycles. The summed E-state index contributed by atoms with van der Waals surface area (Å²) in [6.07, 6.45) is 6.95.